The quantitative estimate of drug-likeness (QED) is 0.128. The summed E-state index contributed by atoms with van der Waals surface area (Å²) in [5.74, 6) is 0. The van der Waals surface area contributed by atoms with Crippen LogP contribution in [0, 0.1) is 27.7 Å². The minimum atomic E-state index is 0.949. The first-order valence-electron chi connectivity index (χ1n) is 15.8. The third kappa shape index (κ3) is 15.0. The van der Waals surface area contributed by atoms with Crippen molar-refractivity contribution in [2.75, 3.05) is 0 Å². The molecule has 0 aliphatic carbocycles. The lowest BCUT2D eigenvalue weighted by Gasteiger charge is -2.06. The molecule has 0 spiro atoms. The molecule has 2 heteroatoms. The Morgan fingerprint density at radius 1 is 0.538 bits per heavy atom. The minimum absolute atomic E-state index is 0.949. The number of allylic oxidation sites excluding steroid dienone is 2. The SMILES string of the molecule is CCCCCCCCCCCCCCCCC=CC(=Nc1cc(C)cc(C)c1)C(C)=Nc1cc(C)cc(C)c1. The number of rotatable bonds is 19. The van der Waals surface area contributed by atoms with Crippen LogP contribution in [-0.4, -0.2) is 11.4 Å². The van der Waals surface area contributed by atoms with Gasteiger partial charge in [0.25, 0.3) is 0 Å². The lowest BCUT2D eigenvalue weighted by Crippen LogP contribution is -2.07. The van der Waals surface area contributed by atoms with E-state index < -0.39 is 0 Å². The van der Waals surface area contributed by atoms with Crippen LogP contribution in [-0.2, 0) is 0 Å². The zero-order valence-corrected chi connectivity index (χ0v) is 26.1. The topological polar surface area (TPSA) is 24.7 Å². The van der Waals surface area contributed by atoms with Crippen molar-refractivity contribution in [3.8, 4) is 0 Å². The van der Waals surface area contributed by atoms with Gasteiger partial charge in [0.15, 0.2) is 0 Å². The van der Waals surface area contributed by atoms with E-state index in [0.717, 1.165) is 29.2 Å². The van der Waals surface area contributed by atoms with Crippen molar-refractivity contribution in [1.29, 1.82) is 0 Å². The van der Waals surface area contributed by atoms with Gasteiger partial charge >= 0.3 is 0 Å². The van der Waals surface area contributed by atoms with E-state index in [1.807, 2.05) is 0 Å². The fourth-order valence-corrected chi connectivity index (χ4v) is 5.31. The maximum Gasteiger partial charge on any atom is 0.0845 e. The Kier molecular flexibility index (Phi) is 16.4. The molecule has 0 aromatic heterocycles. The van der Waals surface area contributed by atoms with Crippen molar-refractivity contribution in [3.63, 3.8) is 0 Å². The van der Waals surface area contributed by atoms with Crippen molar-refractivity contribution in [2.45, 2.75) is 138 Å². The van der Waals surface area contributed by atoms with Gasteiger partial charge in [-0.1, -0.05) is 109 Å². The number of unbranched alkanes of at least 4 members (excludes halogenated alkanes) is 14. The molecule has 0 N–H and O–H groups in total. The van der Waals surface area contributed by atoms with Crippen molar-refractivity contribution in [1.82, 2.24) is 0 Å². The lowest BCUT2D eigenvalue weighted by atomic mass is 10.0. The van der Waals surface area contributed by atoms with Gasteiger partial charge in [-0.25, -0.2) is 4.99 Å². The lowest BCUT2D eigenvalue weighted by molar-refractivity contribution is 0.536. The average Bonchev–Trinajstić information content (AvgIpc) is 2.86. The highest BCUT2D eigenvalue weighted by atomic mass is 14.8. The van der Waals surface area contributed by atoms with E-state index in [9.17, 15) is 0 Å². The van der Waals surface area contributed by atoms with Crippen molar-refractivity contribution < 1.29 is 0 Å². The summed E-state index contributed by atoms with van der Waals surface area (Å²) in [7, 11) is 0. The summed E-state index contributed by atoms with van der Waals surface area (Å²) >= 11 is 0. The molecule has 39 heavy (non-hydrogen) atoms. The van der Waals surface area contributed by atoms with E-state index >= 15 is 0 Å². The van der Waals surface area contributed by atoms with Gasteiger partial charge in [0.2, 0.25) is 0 Å². The van der Waals surface area contributed by atoms with Gasteiger partial charge in [0, 0.05) is 0 Å². The molecule has 0 unspecified atom stereocenters. The summed E-state index contributed by atoms with van der Waals surface area (Å²) in [4.78, 5) is 9.98. The zero-order chi connectivity index (χ0) is 28.3. The number of hydrogen-bond donors (Lipinski definition) is 0. The first kappa shape index (κ1) is 32.7. The fourth-order valence-electron chi connectivity index (χ4n) is 5.31. The molecule has 2 rings (SSSR count). The van der Waals surface area contributed by atoms with Crippen molar-refractivity contribution in [2.24, 2.45) is 9.98 Å². The fraction of sp³-hybridized carbons (Fsp3) is 0.568. The molecule has 2 aromatic carbocycles. The number of benzene rings is 2. The van der Waals surface area contributed by atoms with E-state index in [4.69, 9.17) is 9.98 Å². The van der Waals surface area contributed by atoms with Crippen molar-refractivity contribution >= 4 is 22.8 Å². The molecular formula is C37H56N2. The number of aliphatic imine (C=N–C) groups is 2. The van der Waals surface area contributed by atoms with Gasteiger partial charge in [-0.3, -0.25) is 4.99 Å². The molecule has 0 heterocycles. The van der Waals surface area contributed by atoms with Crippen LogP contribution >= 0.6 is 0 Å². The molecule has 0 atom stereocenters. The monoisotopic (exact) mass is 528 g/mol. The van der Waals surface area contributed by atoms with Crippen LogP contribution in [0.2, 0.25) is 0 Å². The second kappa shape index (κ2) is 19.6. The standard InChI is InChI=1S/C37H56N2/c1-7-8-9-10-11-12-13-14-15-16-17-18-19-20-21-22-23-37(39-36-28-32(4)25-33(5)29-36)34(6)38-35-26-30(2)24-31(3)27-35/h22-29H,7-21H2,1-6H3. The third-order valence-electron chi connectivity index (χ3n) is 7.33. The van der Waals surface area contributed by atoms with E-state index in [1.54, 1.807) is 0 Å². The molecule has 0 bridgehead atoms. The van der Waals surface area contributed by atoms with Crippen LogP contribution in [0.3, 0.4) is 0 Å². The Bertz CT molecular complexity index is 1020. The first-order chi connectivity index (χ1) is 18.9. The molecule has 214 valence electrons. The molecule has 2 aromatic rings. The average molecular weight is 529 g/mol. The van der Waals surface area contributed by atoms with Gasteiger partial charge in [-0.15, -0.1) is 0 Å². The minimum Gasteiger partial charge on any atom is -0.251 e. The van der Waals surface area contributed by atoms with E-state index in [0.29, 0.717) is 0 Å². The van der Waals surface area contributed by atoms with Gasteiger partial charge in [0.05, 0.1) is 22.8 Å². The van der Waals surface area contributed by atoms with E-state index in [-0.39, 0.29) is 0 Å². The Morgan fingerprint density at radius 2 is 0.923 bits per heavy atom. The summed E-state index contributed by atoms with van der Waals surface area (Å²) in [5, 5.41) is 0. The highest BCUT2D eigenvalue weighted by Gasteiger charge is 2.04. The molecule has 0 saturated carbocycles. The zero-order valence-electron chi connectivity index (χ0n) is 26.1. The number of nitrogens with zero attached hydrogens (tertiary/aromatic N) is 2. The highest BCUT2D eigenvalue weighted by Crippen LogP contribution is 2.21. The van der Waals surface area contributed by atoms with Gasteiger partial charge < -0.3 is 0 Å². The van der Waals surface area contributed by atoms with Crippen LogP contribution < -0.4 is 0 Å². The van der Waals surface area contributed by atoms with Gasteiger partial charge in [0.1, 0.15) is 0 Å². The Hall–Kier alpha value is -2.48. The first-order valence-corrected chi connectivity index (χ1v) is 15.8. The molecule has 0 fully saturated rings. The summed E-state index contributed by atoms with van der Waals surface area (Å²) in [5.41, 5.74) is 8.86. The molecule has 0 saturated heterocycles. The second-order valence-electron chi connectivity index (χ2n) is 11.7. The van der Waals surface area contributed by atoms with Crippen LogP contribution in [0.4, 0.5) is 11.4 Å². The normalized spacial score (nSPS) is 12.6. The maximum absolute atomic E-state index is 5.03. The van der Waals surface area contributed by atoms with E-state index in [2.05, 4.69) is 90.1 Å². The molecule has 0 aliphatic rings. The molecule has 0 amide bonds. The molecular weight excluding hydrogens is 472 g/mol. The van der Waals surface area contributed by atoms with Crippen LogP contribution in [0.15, 0.2) is 58.5 Å². The smallest absolute Gasteiger partial charge is 0.0845 e. The van der Waals surface area contributed by atoms with Crippen LogP contribution in [0.25, 0.3) is 0 Å². The highest BCUT2D eigenvalue weighted by molar-refractivity contribution is 6.46. The maximum atomic E-state index is 5.03. The Balaban J connectivity index is 1.81. The molecule has 0 aliphatic heterocycles. The summed E-state index contributed by atoms with van der Waals surface area (Å²) in [6, 6.07) is 13.0. The number of hydrogen-bond acceptors (Lipinski definition) is 2. The van der Waals surface area contributed by atoms with Crippen LogP contribution in [0.1, 0.15) is 132 Å². The summed E-state index contributed by atoms with van der Waals surface area (Å²) in [6.45, 7) is 12.9. The largest absolute Gasteiger partial charge is 0.251 e. The van der Waals surface area contributed by atoms with E-state index in [1.165, 1.54) is 112 Å². The molecule has 2 nitrogen and oxygen atoms in total. The van der Waals surface area contributed by atoms with Crippen LogP contribution in [0.5, 0.6) is 0 Å². The second-order valence-corrected chi connectivity index (χ2v) is 11.7. The van der Waals surface area contributed by atoms with Gasteiger partial charge in [-0.2, -0.15) is 0 Å². The Labute approximate surface area is 241 Å². The summed E-state index contributed by atoms with van der Waals surface area (Å²) < 4.78 is 0. The predicted octanol–water partition coefficient (Wildman–Crippen LogP) is 12.2. The summed E-state index contributed by atoms with van der Waals surface area (Å²) in [6.07, 6.45) is 25.1. The number of aryl methyl sites for hydroxylation is 4. The van der Waals surface area contributed by atoms with Crippen molar-refractivity contribution in [3.05, 3.63) is 70.8 Å². The predicted molar refractivity (Wildman–Crippen MR) is 176 cm³/mol. The third-order valence-corrected chi connectivity index (χ3v) is 7.33. The van der Waals surface area contributed by atoms with Gasteiger partial charge in [-0.05, 0) is 100 Å². The Morgan fingerprint density at radius 3 is 1.36 bits per heavy atom. The molecule has 0 radical (unpaired) electrons.